The Morgan fingerprint density at radius 2 is 2.00 bits per heavy atom. The molecular weight excluding hydrogens is 315 g/mol. The topological polar surface area (TPSA) is 101 Å². The van der Waals surface area contributed by atoms with E-state index in [4.69, 9.17) is 5.11 Å². The number of nitrogens with zero attached hydrogens (tertiary/aromatic N) is 2. The highest BCUT2D eigenvalue weighted by molar-refractivity contribution is 7.89. The van der Waals surface area contributed by atoms with Crippen molar-refractivity contribution in [1.29, 1.82) is 0 Å². The molecule has 0 amide bonds. The number of aromatic nitrogens is 2. The first-order valence-corrected chi connectivity index (χ1v) is 7.21. The van der Waals surface area contributed by atoms with Gasteiger partial charge in [-0.15, -0.1) is 0 Å². The number of alkyl halides is 3. The average molecular weight is 329 g/mol. The van der Waals surface area contributed by atoms with E-state index in [9.17, 15) is 26.4 Å². The molecule has 0 aliphatic heterocycles. The molecule has 1 atom stereocenters. The zero-order chi connectivity index (χ0) is 16.6. The zero-order valence-electron chi connectivity index (χ0n) is 11.4. The van der Waals surface area contributed by atoms with Gasteiger partial charge in [0.1, 0.15) is 5.82 Å². The van der Waals surface area contributed by atoms with Gasteiger partial charge < -0.3 is 9.67 Å². The van der Waals surface area contributed by atoms with E-state index >= 15 is 0 Å². The normalized spacial score (nSPS) is 15.7. The summed E-state index contributed by atoms with van der Waals surface area (Å²) >= 11 is 0. The number of halogens is 3. The molecule has 0 aromatic carbocycles. The minimum atomic E-state index is -5.31. The molecule has 0 saturated carbocycles. The number of carbonyl (C=O) groups is 1. The maximum atomic E-state index is 12.8. The van der Waals surface area contributed by atoms with Gasteiger partial charge in [-0.25, -0.2) is 18.2 Å². The smallest absolute Gasteiger partial charge is 0.418 e. The second kappa shape index (κ2) is 5.30. The third-order valence-electron chi connectivity index (χ3n) is 2.90. The number of imidazole rings is 1. The molecule has 7 nitrogen and oxygen atoms in total. The number of carboxylic acid groups (broad SMARTS) is 1. The van der Waals surface area contributed by atoms with Gasteiger partial charge in [-0.3, -0.25) is 0 Å². The summed E-state index contributed by atoms with van der Waals surface area (Å²) in [5.74, 6) is -2.08. The number of aryl methyl sites for hydroxylation is 2. The SMILES string of the molecule is CCn1cc(S(=O)(=O)NC(C)(C(=O)O)C(F)(F)F)nc1C. The van der Waals surface area contributed by atoms with E-state index in [1.54, 1.807) is 6.92 Å². The second-order valence-corrected chi connectivity index (χ2v) is 6.08. The van der Waals surface area contributed by atoms with E-state index in [0.29, 0.717) is 6.54 Å². The van der Waals surface area contributed by atoms with Gasteiger partial charge in [-0.1, -0.05) is 0 Å². The van der Waals surface area contributed by atoms with E-state index in [2.05, 4.69) is 4.98 Å². The Labute approximate surface area is 118 Å². The van der Waals surface area contributed by atoms with Crippen LogP contribution in [0.2, 0.25) is 0 Å². The summed E-state index contributed by atoms with van der Waals surface area (Å²) in [4.78, 5) is 14.5. The molecule has 0 aliphatic carbocycles. The highest BCUT2D eigenvalue weighted by Gasteiger charge is 2.59. The molecule has 11 heteroatoms. The summed E-state index contributed by atoms with van der Waals surface area (Å²) in [6, 6.07) is 0. The molecule has 0 aliphatic rings. The fraction of sp³-hybridized carbons (Fsp3) is 0.600. The number of hydrogen-bond donors (Lipinski definition) is 2. The van der Waals surface area contributed by atoms with Crippen molar-refractivity contribution in [2.75, 3.05) is 0 Å². The van der Waals surface area contributed by atoms with Crippen LogP contribution in [0.1, 0.15) is 19.7 Å². The monoisotopic (exact) mass is 329 g/mol. The molecule has 1 aromatic heterocycles. The number of aliphatic carboxylic acids is 1. The molecule has 0 spiro atoms. The van der Waals surface area contributed by atoms with Gasteiger partial charge in [-0.2, -0.15) is 17.9 Å². The van der Waals surface area contributed by atoms with Gasteiger partial charge in [0.15, 0.2) is 5.03 Å². The van der Waals surface area contributed by atoms with Crippen LogP contribution in [0.5, 0.6) is 0 Å². The molecular formula is C10H14F3N3O4S. The van der Waals surface area contributed by atoms with Crippen molar-refractivity contribution in [3.8, 4) is 0 Å². The van der Waals surface area contributed by atoms with Crippen LogP contribution in [-0.4, -0.2) is 40.8 Å². The van der Waals surface area contributed by atoms with E-state index < -0.39 is 32.7 Å². The molecule has 21 heavy (non-hydrogen) atoms. The predicted molar refractivity (Wildman–Crippen MR) is 65.1 cm³/mol. The molecule has 1 aromatic rings. The Morgan fingerprint density at radius 1 is 1.48 bits per heavy atom. The lowest BCUT2D eigenvalue weighted by Gasteiger charge is -2.27. The van der Waals surface area contributed by atoms with Gasteiger partial charge >= 0.3 is 12.1 Å². The quantitative estimate of drug-likeness (QED) is 0.835. The van der Waals surface area contributed by atoms with Crippen LogP contribution in [0.25, 0.3) is 0 Å². The summed E-state index contributed by atoms with van der Waals surface area (Å²) in [5.41, 5.74) is -3.64. The van der Waals surface area contributed by atoms with E-state index in [1.807, 2.05) is 0 Å². The molecule has 1 unspecified atom stereocenters. The maximum Gasteiger partial charge on any atom is 0.418 e. The molecule has 1 rings (SSSR count). The van der Waals surface area contributed by atoms with Gasteiger partial charge in [0.25, 0.3) is 10.0 Å². The molecule has 0 saturated heterocycles. The van der Waals surface area contributed by atoms with Crippen LogP contribution in [0.15, 0.2) is 11.2 Å². The van der Waals surface area contributed by atoms with Crippen molar-refractivity contribution in [3.05, 3.63) is 12.0 Å². The van der Waals surface area contributed by atoms with Gasteiger partial charge in [-0.05, 0) is 20.8 Å². The third kappa shape index (κ3) is 3.18. The first kappa shape index (κ1) is 17.4. The Morgan fingerprint density at radius 3 is 2.33 bits per heavy atom. The summed E-state index contributed by atoms with van der Waals surface area (Å²) in [6.45, 7) is 3.76. The predicted octanol–water partition coefficient (Wildman–Crippen LogP) is 0.895. The van der Waals surface area contributed by atoms with Gasteiger partial charge in [0.05, 0.1) is 0 Å². The van der Waals surface area contributed by atoms with E-state index in [-0.39, 0.29) is 12.7 Å². The first-order valence-electron chi connectivity index (χ1n) is 5.73. The minimum Gasteiger partial charge on any atom is -0.480 e. The zero-order valence-corrected chi connectivity index (χ0v) is 12.2. The van der Waals surface area contributed by atoms with Crippen LogP contribution >= 0.6 is 0 Å². The van der Waals surface area contributed by atoms with Crippen molar-refractivity contribution < 1.29 is 31.5 Å². The largest absolute Gasteiger partial charge is 0.480 e. The van der Waals surface area contributed by atoms with E-state index in [0.717, 1.165) is 10.9 Å². The summed E-state index contributed by atoms with van der Waals surface area (Å²) in [7, 11) is -4.74. The average Bonchev–Trinajstić information content (AvgIpc) is 2.69. The van der Waals surface area contributed by atoms with Crippen molar-refractivity contribution in [1.82, 2.24) is 14.3 Å². The highest BCUT2D eigenvalue weighted by atomic mass is 32.2. The number of carboxylic acids is 1. The molecule has 2 N–H and O–H groups in total. The first-order chi connectivity index (χ1) is 9.35. The van der Waals surface area contributed by atoms with Crippen LogP contribution < -0.4 is 4.72 Å². The fourth-order valence-corrected chi connectivity index (χ4v) is 2.84. The Hall–Kier alpha value is -1.62. The Balaban J connectivity index is 3.28. The second-order valence-electron chi connectivity index (χ2n) is 4.45. The van der Waals surface area contributed by atoms with Crippen LogP contribution in [0.4, 0.5) is 13.2 Å². The van der Waals surface area contributed by atoms with Crippen LogP contribution in [0, 0.1) is 6.92 Å². The lowest BCUT2D eigenvalue weighted by molar-refractivity contribution is -0.201. The van der Waals surface area contributed by atoms with Crippen molar-refractivity contribution in [2.24, 2.45) is 0 Å². The minimum absolute atomic E-state index is 0.233. The van der Waals surface area contributed by atoms with Crippen molar-refractivity contribution in [3.63, 3.8) is 0 Å². The molecule has 0 fully saturated rings. The molecule has 120 valence electrons. The van der Waals surface area contributed by atoms with Crippen molar-refractivity contribution in [2.45, 2.75) is 44.1 Å². The number of nitrogens with one attached hydrogen (secondary N) is 1. The third-order valence-corrected chi connectivity index (χ3v) is 4.33. The van der Waals surface area contributed by atoms with Gasteiger partial charge in [0, 0.05) is 12.7 Å². The Bertz CT molecular complexity index is 653. The van der Waals surface area contributed by atoms with Crippen LogP contribution in [-0.2, 0) is 21.4 Å². The summed E-state index contributed by atoms with van der Waals surface area (Å²) in [6.07, 6.45) is -4.27. The molecule has 0 radical (unpaired) electrons. The Kier molecular flexibility index (Phi) is 4.40. The lowest BCUT2D eigenvalue weighted by Crippen LogP contribution is -2.61. The number of sulfonamides is 1. The number of rotatable bonds is 5. The van der Waals surface area contributed by atoms with Crippen LogP contribution in [0.3, 0.4) is 0 Å². The van der Waals surface area contributed by atoms with Gasteiger partial charge in [0.2, 0.25) is 5.54 Å². The number of hydrogen-bond acceptors (Lipinski definition) is 4. The van der Waals surface area contributed by atoms with E-state index in [1.165, 1.54) is 11.5 Å². The maximum absolute atomic E-state index is 12.8. The highest BCUT2D eigenvalue weighted by Crippen LogP contribution is 2.31. The lowest BCUT2D eigenvalue weighted by atomic mass is 10.0. The summed E-state index contributed by atoms with van der Waals surface area (Å²) < 4.78 is 64.9. The molecule has 1 heterocycles. The fourth-order valence-electron chi connectivity index (χ4n) is 1.47. The molecule has 0 bridgehead atoms. The standard InChI is InChI=1S/C10H14F3N3O4S/c1-4-16-5-7(14-6(16)2)21(19,20)15-9(3,8(17)18)10(11,12)13/h5,15H,4H2,1-3H3,(H,17,18). The summed E-state index contributed by atoms with van der Waals surface area (Å²) in [5, 5.41) is 8.04. The van der Waals surface area contributed by atoms with Crippen molar-refractivity contribution >= 4 is 16.0 Å².